The molecule has 30 heavy (non-hydrogen) atoms. The highest BCUT2D eigenvalue weighted by Gasteiger charge is 2.40. The lowest BCUT2D eigenvalue weighted by Crippen LogP contribution is -2.30. The molecule has 2 atom stereocenters. The van der Waals surface area contributed by atoms with E-state index >= 15 is 0 Å². The summed E-state index contributed by atoms with van der Waals surface area (Å²) in [5.41, 5.74) is 0.836. The number of halogens is 1. The van der Waals surface area contributed by atoms with E-state index in [2.05, 4.69) is 20.4 Å². The number of nitrogens with one attached hydrogen (secondary N) is 1. The van der Waals surface area contributed by atoms with Crippen LogP contribution >= 0.6 is 0 Å². The van der Waals surface area contributed by atoms with Crippen LogP contribution in [-0.4, -0.2) is 38.7 Å². The van der Waals surface area contributed by atoms with E-state index in [9.17, 15) is 9.18 Å². The van der Waals surface area contributed by atoms with E-state index in [1.54, 1.807) is 12.1 Å². The summed E-state index contributed by atoms with van der Waals surface area (Å²) in [6.07, 6.45) is 1.00. The molecule has 1 fully saturated rings. The number of carbonyl (C=O) groups is 1. The lowest BCUT2D eigenvalue weighted by atomic mass is 9.89. The van der Waals surface area contributed by atoms with Crippen molar-refractivity contribution < 1.29 is 13.6 Å². The van der Waals surface area contributed by atoms with E-state index < -0.39 is 0 Å². The van der Waals surface area contributed by atoms with E-state index in [0.29, 0.717) is 18.3 Å². The molecule has 1 saturated heterocycles. The normalized spacial score (nSPS) is 20.7. The van der Waals surface area contributed by atoms with Gasteiger partial charge in [-0.3, -0.25) is 9.69 Å². The summed E-state index contributed by atoms with van der Waals surface area (Å²) in [5, 5.41) is 11.5. The third-order valence-corrected chi connectivity index (χ3v) is 6.10. The number of hydrogen-bond acceptors (Lipinski definition) is 5. The first-order chi connectivity index (χ1) is 14.6. The molecule has 1 aromatic carbocycles. The van der Waals surface area contributed by atoms with Crippen LogP contribution in [0.3, 0.4) is 0 Å². The largest absolute Gasteiger partial charge is 0.465 e. The summed E-state index contributed by atoms with van der Waals surface area (Å²) in [6, 6.07) is 10.1. The molecule has 156 valence electrons. The van der Waals surface area contributed by atoms with E-state index in [4.69, 9.17) is 4.42 Å². The van der Waals surface area contributed by atoms with Crippen LogP contribution in [0.15, 0.2) is 40.8 Å². The second-order valence-corrected chi connectivity index (χ2v) is 8.20. The third kappa shape index (κ3) is 3.63. The standard InChI is InChI=1S/C22H24FN5O2/c1-14-2-7-18(30-14)12-27-11-16-8-9-28-20(19(16)13-27)25-26-21(28)22(29)24-10-15-3-5-17(23)6-4-15/h2-7,16,19H,8-13H2,1H3,(H,24,29). The van der Waals surface area contributed by atoms with Gasteiger partial charge in [0, 0.05) is 32.1 Å². The van der Waals surface area contributed by atoms with Crippen molar-refractivity contribution in [2.45, 2.75) is 38.9 Å². The van der Waals surface area contributed by atoms with Gasteiger partial charge in [0.2, 0.25) is 5.82 Å². The number of carbonyl (C=O) groups excluding carboxylic acids is 1. The fraction of sp³-hybridized carbons (Fsp3) is 0.409. The minimum absolute atomic E-state index is 0.252. The lowest BCUT2D eigenvalue weighted by Gasteiger charge is -2.25. The van der Waals surface area contributed by atoms with Crippen LogP contribution in [0.5, 0.6) is 0 Å². The van der Waals surface area contributed by atoms with Gasteiger partial charge in [0.25, 0.3) is 5.91 Å². The average Bonchev–Trinajstić information content (AvgIpc) is 3.44. The number of benzene rings is 1. The predicted molar refractivity (Wildman–Crippen MR) is 107 cm³/mol. The Morgan fingerprint density at radius 3 is 2.80 bits per heavy atom. The number of nitrogens with zero attached hydrogens (tertiary/aromatic N) is 4. The SMILES string of the molecule is Cc1ccc(CN2CC3CCn4c(C(=O)NCc5ccc(F)cc5)nnc4C3C2)o1. The molecule has 7 nitrogen and oxygen atoms in total. The first-order valence-corrected chi connectivity index (χ1v) is 10.3. The topological polar surface area (TPSA) is 76.2 Å². The lowest BCUT2D eigenvalue weighted by molar-refractivity contribution is 0.0933. The molecule has 8 heteroatoms. The van der Waals surface area contributed by atoms with Gasteiger partial charge >= 0.3 is 0 Å². The van der Waals surface area contributed by atoms with Crippen molar-refractivity contribution in [1.82, 2.24) is 25.0 Å². The Hall–Kier alpha value is -3.00. The first kappa shape index (κ1) is 19.0. The molecule has 5 rings (SSSR count). The molecule has 0 spiro atoms. The van der Waals surface area contributed by atoms with Crippen molar-refractivity contribution in [1.29, 1.82) is 0 Å². The molecule has 4 heterocycles. The molecule has 2 aliphatic rings. The summed E-state index contributed by atoms with van der Waals surface area (Å²) >= 11 is 0. The average molecular weight is 409 g/mol. The summed E-state index contributed by atoms with van der Waals surface area (Å²) in [5.74, 6) is 3.42. The van der Waals surface area contributed by atoms with Crippen molar-refractivity contribution in [2.24, 2.45) is 5.92 Å². The Morgan fingerprint density at radius 1 is 1.20 bits per heavy atom. The maximum Gasteiger partial charge on any atom is 0.289 e. The number of aryl methyl sites for hydroxylation is 1. The zero-order chi connectivity index (χ0) is 20.7. The van der Waals surface area contributed by atoms with Gasteiger partial charge in [-0.2, -0.15) is 0 Å². The zero-order valence-corrected chi connectivity index (χ0v) is 16.8. The van der Waals surface area contributed by atoms with Crippen LogP contribution in [0.2, 0.25) is 0 Å². The smallest absolute Gasteiger partial charge is 0.289 e. The molecule has 3 aromatic rings. The number of hydrogen-bond donors (Lipinski definition) is 1. The first-order valence-electron chi connectivity index (χ1n) is 10.3. The van der Waals surface area contributed by atoms with Crippen LogP contribution in [0.1, 0.15) is 45.9 Å². The van der Waals surface area contributed by atoms with Crippen LogP contribution in [0.4, 0.5) is 4.39 Å². The molecule has 0 saturated carbocycles. The molecule has 2 unspecified atom stereocenters. The van der Waals surface area contributed by atoms with E-state index in [1.165, 1.54) is 12.1 Å². The van der Waals surface area contributed by atoms with Gasteiger partial charge in [0.05, 0.1) is 6.54 Å². The van der Waals surface area contributed by atoms with Crippen molar-refractivity contribution >= 4 is 5.91 Å². The van der Waals surface area contributed by atoms with Gasteiger partial charge in [0.1, 0.15) is 23.2 Å². The number of fused-ring (bicyclic) bond motifs is 3. The molecule has 2 aliphatic heterocycles. The molecular formula is C22H24FN5O2. The number of likely N-dealkylation sites (tertiary alicyclic amines) is 1. The number of amides is 1. The highest BCUT2D eigenvalue weighted by molar-refractivity contribution is 5.90. The highest BCUT2D eigenvalue weighted by atomic mass is 19.1. The van der Waals surface area contributed by atoms with Crippen LogP contribution < -0.4 is 5.32 Å². The molecule has 1 N–H and O–H groups in total. The maximum absolute atomic E-state index is 13.0. The van der Waals surface area contributed by atoms with Crippen LogP contribution in [-0.2, 0) is 19.6 Å². The van der Waals surface area contributed by atoms with E-state index in [-0.39, 0.29) is 17.6 Å². The van der Waals surface area contributed by atoms with Gasteiger partial charge in [-0.25, -0.2) is 4.39 Å². The molecule has 2 aromatic heterocycles. The van der Waals surface area contributed by atoms with Crippen LogP contribution in [0.25, 0.3) is 0 Å². The van der Waals surface area contributed by atoms with E-state index in [0.717, 1.165) is 55.5 Å². The van der Waals surface area contributed by atoms with Crippen molar-refractivity contribution in [2.75, 3.05) is 13.1 Å². The Kier molecular flexibility index (Phi) is 4.86. The summed E-state index contributed by atoms with van der Waals surface area (Å²) < 4.78 is 20.7. The van der Waals surface area contributed by atoms with Gasteiger partial charge in [-0.1, -0.05) is 12.1 Å². The fourth-order valence-electron chi connectivity index (χ4n) is 4.60. The third-order valence-electron chi connectivity index (χ3n) is 6.10. The predicted octanol–water partition coefficient (Wildman–Crippen LogP) is 2.87. The molecule has 0 radical (unpaired) electrons. The second-order valence-electron chi connectivity index (χ2n) is 8.20. The summed E-state index contributed by atoms with van der Waals surface area (Å²) in [4.78, 5) is 15.1. The Balaban J connectivity index is 1.26. The Labute approximate surface area is 173 Å². The maximum atomic E-state index is 13.0. The van der Waals surface area contributed by atoms with Crippen molar-refractivity contribution in [3.05, 3.63) is 70.9 Å². The van der Waals surface area contributed by atoms with Crippen molar-refractivity contribution in [3.8, 4) is 0 Å². The summed E-state index contributed by atoms with van der Waals surface area (Å²) in [6.45, 7) is 5.71. The Morgan fingerprint density at radius 2 is 2.03 bits per heavy atom. The minimum atomic E-state index is -0.293. The Bertz CT molecular complexity index is 1060. The molecular weight excluding hydrogens is 385 g/mol. The molecule has 0 bridgehead atoms. The molecule has 0 aliphatic carbocycles. The van der Waals surface area contributed by atoms with Crippen LogP contribution in [0, 0.1) is 18.7 Å². The number of furan rings is 1. The van der Waals surface area contributed by atoms with Gasteiger partial charge in [-0.05, 0) is 49.1 Å². The van der Waals surface area contributed by atoms with Crippen molar-refractivity contribution in [3.63, 3.8) is 0 Å². The van der Waals surface area contributed by atoms with Gasteiger partial charge in [0.15, 0.2) is 0 Å². The monoisotopic (exact) mass is 409 g/mol. The number of aromatic nitrogens is 3. The molecule has 1 amide bonds. The summed E-state index contributed by atoms with van der Waals surface area (Å²) in [7, 11) is 0. The highest BCUT2D eigenvalue weighted by Crippen LogP contribution is 2.38. The van der Waals surface area contributed by atoms with Gasteiger partial charge < -0.3 is 14.3 Å². The van der Waals surface area contributed by atoms with E-state index in [1.807, 2.05) is 23.6 Å². The second kappa shape index (κ2) is 7.68. The number of rotatable bonds is 5. The quantitative estimate of drug-likeness (QED) is 0.701. The zero-order valence-electron chi connectivity index (χ0n) is 16.8. The van der Waals surface area contributed by atoms with Gasteiger partial charge in [-0.15, -0.1) is 10.2 Å². The minimum Gasteiger partial charge on any atom is -0.465 e. The fourth-order valence-corrected chi connectivity index (χ4v) is 4.60.